The average molecular weight is 371 g/mol. The van der Waals surface area contributed by atoms with E-state index in [0.29, 0.717) is 18.7 Å². The molecule has 0 atom stereocenters. The summed E-state index contributed by atoms with van der Waals surface area (Å²) in [6.07, 6.45) is 5.31. The summed E-state index contributed by atoms with van der Waals surface area (Å²) in [5, 5.41) is 4.40. The van der Waals surface area contributed by atoms with Crippen LogP contribution in [0, 0.1) is 6.92 Å². The molecular weight excluding hydrogens is 346 g/mol. The Morgan fingerprint density at radius 1 is 1.04 bits per heavy atom. The minimum absolute atomic E-state index is 0.0315. The number of rotatable bonds is 7. The Kier molecular flexibility index (Phi) is 6.22. The fourth-order valence-electron chi connectivity index (χ4n) is 3.18. The lowest BCUT2D eigenvalue weighted by Crippen LogP contribution is -2.30. The van der Waals surface area contributed by atoms with Gasteiger partial charge in [-0.3, -0.25) is 4.79 Å². The number of carbonyl (C=O) groups is 1. The quantitative estimate of drug-likeness (QED) is 0.543. The van der Waals surface area contributed by atoms with Crippen molar-refractivity contribution in [3.8, 4) is 0 Å². The number of hydrogen-bond donors (Lipinski definition) is 0. The highest BCUT2D eigenvalue weighted by atomic mass is 16.2. The van der Waals surface area contributed by atoms with Crippen LogP contribution < -0.4 is 0 Å². The van der Waals surface area contributed by atoms with E-state index >= 15 is 0 Å². The molecule has 0 saturated heterocycles. The van der Waals surface area contributed by atoms with Crippen molar-refractivity contribution in [3.63, 3.8) is 0 Å². The standard InChI is InChI=1S/C24H25N3O/c1-4-22(5-2)27-19(3)23(16-25-27)24(28)26(17-20-12-8-6-9-13-20)18-21-14-10-7-11-15-21/h4-16H,1,17-18H2,2-3H3. The minimum Gasteiger partial charge on any atom is -0.330 e. The summed E-state index contributed by atoms with van der Waals surface area (Å²) < 4.78 is 1.75. The van der Waals surface area contributed by atoms with Crippen LogP contribution in [0.4, 0.5) is 0 Å². The first kappa shape index (κ1) is 19.4. The first-order chi connectivity index (χ1) is 13.6. The summed E-state index contributed by atoms with van der Waals surface area (Å²) in [5.74, 6) is -0.0315. The van der Waals surface area contributed by atoms with Gasteiger partial charge in [0.2, 0.25) is 0 Å². The van der Waals surface area contributed by atoms with Gasteiger partial charge < -0.3 is 4.90 Å². The Hall–Kier alpha value is -3.40. The third-order valence-corrected chi connectivity index (χ3v) is 4.71. The zero-order chi connectivity index (χ0) is 19.9. The largest absolute Gasteiger partial charge is 0.330 e. The number of aromatic nitrogens is 2. The van der Waals surface area contributed by atoms with Crippen LogP contribution in [0.2, 0.25) is 0 Å². The SMILES string of the molecule is C=CC(=CC)n1ncc(C(=O)N(Cc2ccccc2)Cc2ccccc2)c1C. The molecule has 0 radical (unpaired) electrons. The molecule has 3 aromatic rings. The van der Waals surface area contributed by atoms with E-state index in [2.05, 4.69) is 11.7 Å². The lowest BCUT2D eigenvalue weighted by Gasteiger charge is -2.23. The summed E-state index contributed by atoms with van der Waals surface area (Å²) in [4.78, 5) is 15.3. The molecular formula is C24H25N3O. The van der Waals surface area contributed by atoms with Crippen LogP contribution in [-0.4, -0.2) is 20.6 Å². The lowest BCUT2D eigenvalue weighted by atomic mass is 10.1. The van der Waals surface area contributed by atoms with Crippen molar-refractivity contribution in [3.05, 3.63) is 108 Å². The molecule has 1 heterocycles. The Morgan fingerprint density at radius 3 is 2.04 bits per heavy atom. The fourth-order valence-corrected chi connectivity index (χ4v) is 3.18. The molecule has 142 valence electrons. The third kappa shape index (κ3) is 4.29. The topological polar surface area (TPSA) is 38.1 Å². The van der Waals surface area contributed by atoms with Crippen molar-refractivity contribution in [2.45, 2.75) is 26.9 Å². The summed E-state index contributed by atoms with van der Waals surface area (Å²) in [7, 11) is 0. The number of benzene rings is 2. The molecule has 28 heavy (non-hydrogen) atoms. The maximum atomic E-state index is 13.4. The molecule has 0 unspecified atom stereocenters. The molecule has 4 nitrogen and oxygen atoms in total. The summed E-state index contributed by atoms with van der Waals surface area (Å²) >= 11 is 0. The number of nitrogens with zero attached hydrogens (tertiary/aromatic N) is 3. The van der Waals surface area contributed by atoms with Gasteiger partial charge >= 0.3 is 0 Å². The van der Waals surface area contributed by atoms with E-state index in [9.17, 15) is 4.79 Å². The Morgan fingerprint density at radius 2 is 1.57 bits per heavy atom. The monoisotopic (exact) mass is 371 g/mol. The molecule has 0 bridgehead atoms. The highest BCUT2D eigenvalue weighted by Crippen LogP contribution is 2.19. The Bertz CT molecular complexity index is 930. The van der Waals surface area contributed by atoms with Crippen molar-refractivity contribution in [2.24, 2.45) is 0 Å². The van der Waals surface area contributed by atoms with E-state index in [-0.39, 0.29) is 5.91 Å². The second-order valence-corrected chi connectivity index (χ2v) is 6.61. The van der Waals surface area contributed by atoms with Crippen molar-refractivity contribution in [1.29, 1.82) is 0 Å². The highest BCUT2D eigenvalue weighted by molar-refractivity contribution is 5.95. The Balaban J connectivity index is 1.93. The van der Waals surface area contributed by atoms with Gasteiger partial charge in [-0.15, -0.1) is 0 Å². The molecule has 0 aliphatic rings. The number of allylic oxidation sites excluding steroid dienone is 3. The molecule has 1 amide bonds. The Labute approximate surface area is 166 Å². The van der Waals surface area contributed by atoms with Gasteiger partial charge in [-0.2, -0.15) is 5.10 Å². The minimum atomic E-state index is -0.0315. The second-order valence-electron chi connectivity index (χ2n) is 6.61. The smallest absolute Gasteiger partial charge is 0.257 e. The van der Waals surface area contributed by atoms with Crippen LogP contribution in [0.1, 0.15) is 34.1 Å². The van der Waals surface area contributed by atoms with Gasteiger partial charge in [0.25, 0.3) is 5.91 Å². The fraction of sp³-hybridized carbons (Fsp3) is 0.167. The first-order valence-corrected chi connectivity index (χ1v) is 9.35. The van der Waals surface area contributed by atoms with Crippen LogP contribution in [-0.2, 0) is 13.1 Å². The van der Waals surface area contributed by atoms with Crippen LogP contribution in [0.25, 0.3) is 5.70 Å². The average Bonchev–Trinajstić information content (AvgIpc) is 3.11. The van der Waals surface area contributed by atoms with Gasteiger partial charge in [0, 0.05) is 13.1 Å². The van der Waals surface area contributed by atoms with Crippen LogP contribution >= 0.6 is 0 Å². The van der Waals surface area contributed by atoms with E-state index < -0.39 is 0 Å². The predicted octanol–water partition coefficient (Wildman–Crippen LogP) is 5.08. The molecule has 4 heteroatoms. The van der Waals surface area contributed by atoms with E-state index in [1.807, 2.05) is 85.5 Å². The van der Waals surface area contributed by atoms with E-state index in [0.717, 1.165) is 22.5 Å². The summed E-state index contributed by atoms with van der Waals surface area (Å²) in [5.41, 5.74) is 4.46. The van der Waals surface area contributed by atoms with Gasteiger partial charge in [-0.05, 0) is 31.1 Å². The van der Waals surface area contributed by atoms with Crippen LogP contribution in [0.5, 0.6) is 0 Å². The molecule has 1 aromatic heterocycles. The number of carbonyl (C=O) groups excluding carboxylic acids is 1. The first-order valence-electron chi connectivity index (χ1n) is 9.35. The maximum absolute atomic E-state index is 13.4. The van der Waals surface area contributed by atoms with Gasteiger partial charge in [-0.25, -0.2) is 4.68 Å². The summed E-state index contributed by atoms with van der Waals surface area (Å²) in [6.45, 7) is 8.74. The number of hydrogen-bond acceptors (Lipinski definition) is 2. The van der Waals surface area contributed by atoms with E-state index in [1.54, 1.807) is 17.0 Å². The van der Waals surface area contributed by atoms with E-state index in [4.69, 9.17) is 0 Å². The van der Waals surface area contributed by atoms with Crippen molar-refractivity contribution >= 4 is 11.6 Å². The maximum Gasteiger partial charge on any atom is 0.257 e. The number of amides is 1. The molecule has 0 N–H and O–H groups in total. The molecule has 3 rings (SSSR count). The normalized spacial score (nSPS) is 11.3. The predicted molar refractivity (Wildman–Crippen MR) is 114 cm³/mol. The van der Waals surface area contributed by atoms with Crippen LogP contribution in [0.15, 0.2) is 85.6 Å². The molecule has 0 aliphatic heterocycles. The van der Waals surface area contributed by atoms with Crippen molar-refractivity contribution in [1.82, 2.24) is 14.7 Å². The van der Waals surface area contributed by atoms with Crippen LogP contribution in [0.3, 0.4) is 0 Å². The van der Waals surface area contributed by atoms with Crippen molar-refractivity contribution < 1.29 is 4.79 Å². The van der Waals surface area contributed by atoms with Crippen molar-refractivity contribution in [2.75, 3.05) is 0 Å². The third-order valence-electron chi connectivity index (χ3n) is 4.71. The van der Waals surface area contributed by atoms with Gasteiger partial charge in [0.1, 0.15) is 0 Å². The van der Waals surface area contributed by atoms with Gasteiger partial charge in [0.05, 0.1) is 23.2 Å². The molecule has 0 fully saturated rings. The molecule has 0 saturated carbocycles. The molecule has 2 aromatic carbocycles. The lowest BCUT2D eigenvalue weighted by molar-refractivity contribution is 0.0729. The second kappa shape index (κ2) is 9.00. The van der Waals surface area contributed by atoms with Gasteiger partial charge in [-0.1, -0.05) is 73.3 Å². The van der Waals surface area contributed by atoms with E-state index in [1.165, 1.54) is 0 Å². The zero-order valence-electron chi connectivity index (χ0n) is 16.4. The summed E-state index contributed by atoms with van der Waals surface area (Å²) in [6, 6.07) is 20.1. The molecule has 0 spiro atoms. The molecule has 0 aliphatic carbocycles. The highest BCUT2D eigenvalue weighted by Gasteiger charge is 2.22. The zero-order valence-corrected chi connectivity index (χ0v) is 16.4. The van der Waals surface area contributed by atoms with Gasteiger partial charge in [0.15, 0.2) is 0 Å².